The molecule has 0 spiro atoms. The summed E-state index contributed by atoms with van der Waals surface area (Å²) in [5.41, 5.74) is 3.62. The van der Waals surface area contributed by atoms with E-state index in [9.17, 15) is 0 Å². The minimum Gasteiger partial charge on any atom is -0.395 e. The molecule has 3 rings (SSSR count). The molecule has 1 saturated heterocycles. The summed E-state index contributed by atoms with van der Waals surface area (Å²) in [6, 6.07) is 10.3. The van der Waals surface area contributed by atoms with Crippen molar-refractivity contribution in [1.29, 1.82) is 0 Å². The summed E-state index contributed by atoms with van der Waals surface area (Å²) in [6.45, 7) is 10.6. The third kappa shape index (κ3) is 4.04. The number of nitrogens with zero attached hydrogens (tertiary/aromatic N) is 4. The number of rotatable bonds is 6. The SMILES string of the molecule is CC(C)c1nn(-c2ccccc2)cc1CN1CCN(CCO)CC1. The van der Waals surface area contributed by atoms with Crippen molar-refractivity contribution >= 4 is 0 Å². The molecule has 1 aliphatic heterocycles. The molecule has 0 saturated carbocycles. The van der Waals surface area contributed by atoms with Gasteiger partial charge in [-0.1, -0.05) is 32.0 Å². The average molecular weight is 328 g/mol. The van der Waals surface area contributed by atoms with Crippen LogP contribution in [0.15, 0.2) is 36.5 Å². The zero-order chi connectivity index (χ0) is 16.9. The number of hydrogen-bond acceptors (Lipinski definition) is 4. The van der Waals surface area contributed by atoms with Crippen LogP contribution in [0, 0.1) is 0 Å². The highest BCUT2D eigenvalue weighted by molar-refractivity contribution is 5.33. The summed E-state index contributed by atoms with van der Waals surface area (Å²) in [5.74, 6) is 0.417. The van der Waals surface area contributed by atoms with Crippen LogP contribution in [0.3, 0.4) is 0 Å². The number of aliphatic hydroxyl groups is 1. The molecule has 2 aromatic rings. The quantitative estimate of drug-likeness (QED) is 0.882. The lowest BCUT2D eigenvalue weighted by Gasteiger charge is -2.34. The van der Waals surface area contributed by atoms with Crippen LogP contribution in [-0.4, -0.2) is 64.0 Å². The van der Waals surface area contributed by atoms with E-state index in [0.717, 1.165) is 45.0 Å². The molecule has 1 aromatic heterocycles. The van der Waals surface area contributed by atoms with Gasteiger partial charge in [-0.25, -0.2) is 4.68 Å². The Morgan fingerprint density at radius 2 is 1.71 bits per heavy atom. The highest BCUT2D eigenvalue weighted by Gasteiger charge is 2.20. The van der Waals surface area contributed by atoms with Crippen molar-refractivity contribution in [2.24, 2.45) is 0 Å². The van der Waals surface area contributed by atoms with Gasteiger partial charge in [0.2, 0.25) is 0 Å². The largest absolute Gasteiger partial charge is 0.395 e. The highest BCUT2D eigenvalue weighted by atomic mass is 16.3. The molecule has 24 heavy (non-hydrogen) atoms. The predicted molar refractivity (Wildman–Crippen MR) is 96.5 cm³/mol. The van der Waals surface area contributed by atoms with Crippen LogP contribution in [0.5, 0.6) is 0 Å². The number of piperazine rings is 1. The van der Waals surface area contributed by atoms with Gasteiger partial charge in [0.1, 0.15) is 0 Å². The average Bonchev–Trinajstić information content (AvgIpc) is 3.02. The van der Waals surface area contributed by atoms with Gasteiger partial charge in [0.05, 0.1) is 18.0 Å². The Morgan fingerprint density at radius 3 is 2.33 bits per heavy atom. The standard InChI is InChI=1S/C19H28N4O/c1-16(2)19-17(14-22-10-8-21(9-11-22)12-13-24)15-23(20-19)18-6-4-3-5-7-18/h3-7,15-16,24H,8-14H2,1-2H3. The smallest absolute Gasteiger partial charge is 0.0699 e. The van der Waals surface area contributed by atoms with Crippen LogP contribution in [0.2, 0.25) is 0 Å². The second-order valence-electron chi connectivity index (χ2n) is 6.82. The number of aromatic nitrogens is 2. The third-order valence-corrected chi connectivity index (χ3v) is 4.67. The number of β-amino-alcohol motifs (C(OH)–C–C–N with tert-alkyl or cyclic N) is 1. The van der Waals surface area contributed by atoms with Gasteiger partial charge in [-0.15, -0.1) is 0 Å². The Balaban J connectivity index is 1.72. The van der Waals surface area contributed by atoms with Crippen molar-refractivity contribution in [3.05, 3.63) is 47.8 Å². The lowest BCUT2D eigenvalue weighted by atomic mass is 10.1. The second kappa shape index (κ2) is 7.92. The fourth-order valence-corrected chi connectivity index (χ4v) is 3.30. The van der Waals surface area contributed by atoms with Gasteiger partial charge < -0.3 is 5.11 Å². The molecule has 0 aliphatic carbocycles. The Morgan fingerprint density at radius 1 is 1.04 bits per heavy atom. The highest BCUT2D eigenvalue weighted by Crippen LogP contribution is 2.22. The molecular formula is C19H28N4O. The number of aliphatic hydroxyl groups excluding tert-OH is 1. The Hall–Kier alpha value is -1.69. The minimum absolute atomic E-state index is 0.251. The van der Waals surface area contributed by atoms with Gasteiger partial charge in [-0.2, -0.15) is 5.10 Å². The van der Waals surface area contributed by atoms with Crippen molar-refractivity contribution in [3.8, 4) is 5.69 Å². The van der Waals surface area contributed by atoms with E-state index in [-0.39, 0.29) is 6.61 Å². The summed E-state index contributed by atoms with van der Waals surface area (Å²) >= 11 is 0. The van der Waals surface area contributed by atoms with Crippen LogP contribution in [0.1, 0.15) is 31.0 Å². The second-order valence-corrected chi connectivity index (χ2v) is 6.82. The van der Waals surface area contributed by atoms with E-state index in [0.29, 0.717) is 5.92 Å². The topological polar surface area (TPSA) is 44.5 Å². The Labute approximate surface area is 144 Å². The maximum Gasteiger partial charge on any atom is 0.0699 e. The third-order valence-electron chi connectivity index (χ3n) is 4.67. The molecule has 1 aliphatic rings. The Kier molecular flexibility index (Phi) is 5.66. The van der Waals surface area contributed by atoms with Crippen LogP contribution < -0.4 is 0 Å². The first kappa shape index (κ1) is 17.1. The van der Waals surface area contributed by atoms with Gasteiger partial charge in [-0.05, 0) is 18.1 Å². The van der Waals surface area contributed by atoms with Crippen molar-refractivity contribution < 1.29 is 5.11 Å². The maximum atomic E-state index is 9.06. The van der Waals surface area contributed by atoms with E-state index < -0.39 is 0 Å². The first-order chi connectivity index (χ1) is 11.7. The molecule has 0 unspecified atom stereocenters. The van der Waals surface area contributed by atoms with Crippen molar-refractivity contribution in [3.63, 3.8) is 0 Å². The zero-order valence-corrected chi connectivity index (χ0v) is 14.7. The molecule has 2 heterocycles. The van der Waals surface area contributed by atoms with Crippen LogP contribution in [0.4, 0.5) is 0 Å². The van der Waals surface area contributed by atoms with Crippen LogP contribution in [0.25, 0.3) is 5.69 Å². The van der Waals surface area contributed by atoms with E-state index in [1.807, 2.05) is 22.9 Å². The van der Waals surface area contributed by atoms with Gasteiger partial charge in [0.25, 0.3) is 0 Å². The van der Waals surface area contributed by atoms with E-state index in [4.69, 9.17) is 10.2 Å². The number of benzene rings is 1. The maximum absolute atomic E-state index is 9.06. The summed E-state index contributed by atoms with van der Waals surface area (Å²) in [5, 5.41) is 13.9. The number of para-hydroxylation sites is 1. The molecule has 0 atom stereocenters. The van der Waals surface area contributed by atoms with E-state index in [1.165, 1.54) is 11.3 Å². The van der Waals surface area contributed by atoms with Crippen LogP contribution in [-0.2, 0) is 6.54 Å². The molecule has 5 heteroatoms. The van der Waals surface area contributed by atoms with Crippen molar-refractivity contribution in [2.45, 2.75) is 26.3 Å². The Bertz CT molecular complexity index is 630. The molecular weight excluding hydrogens is 300 g/mol. The van der Waals surface area contributed by atoms with Gasteiger partial charge >= 0.3 is 0 Å². The molecule has 1 fully saturated rings. The van der Waals surface area contributed by atoms with Crippen molar-refractivity contribution in [1.82, 2.24) is 19.6 Å². The number of hydrogen-bond donors (Lipinski definition) is 1. The summed E-state index contributed by atoms with van der Waals surface area (Å²) in [6.07, 6.45) is 2.19. The fourth-order valence-electron chi connectivity index (χ4n) is 3.30. The molecule has 1 N–H and O–H groups in total. The van der Waals surface area contributed by atoms with Gasteiger partial charge in [0.15, 0.2) is 0 Å². The molecule has 0 bridgehead atoms. The van der Waals surface area contributed by atoms with Gasteiger partial charge in [0, 0.05) is 51.0 Å². The lowest BCUT2D eigenvalue weighted by Crippen LogP contribution is -2.46. The molecule has 5 nitrogen and oxygen atoms in total. The predicted octanol–water partition coefficient (Wildman–Crippen LogP) is 2.11. The first-order valence-electron chi connectivity index (χ1n) is 8.87. The zero-order valence-electron chi connectivity index (χ0n) is 14.7. The van der Waals surface area contributed by atoms with Crippen LogP contribution >= 0.6 is 0 Å². The normalized spacial score (nSPS) is 16.8. The minimum atomic E-state index is 0.251. The monoisotopic (exact) mass is 328 g/mol. The summed E-state index contributed by atoms with van der Waals surface area (Å²) in [4.78, 5) is 4.82. The fraction of sp³-hybridized carbons (Fsp3) is 0.526. The van der Waals surface area contributed by atoms with E-state index >= 15 is 0 Å². The first-order valence-corrected chi connectivity index (χ1v) is 8.87. The van der Waals surface area contributed by atoms with Gasteiger partial charge in [-0.3, -0.25) is 9.80 Å². The molecule has 0 amide bonds. The molecule has 0 radical (unpaired) electrons. The molecule has 130 valence electrons. The summed E-state index contributed by atoms with van der Waals surface area (Å²) in [7, 11) is 0. The van der Waals surface area contributed by atoms with E-state index in [2.05, 4.69) is 42.0 Å². The summed E-state index contributed by atoms with van der Waals surface area (Å²) < 4.78 is 2.01. The van der Waals surface area contributed by atoms with E-state index in [1.54, 1.807) is 0 Å². The lowest BCUT2D eigenvalue weighted by molar-refractivity contribution is 0.108. The molecule has 1 aromatic carbocycles. The van der Waals surface area contributed by atoms with Crippen molar-refractivity contribution in [2.75, 3.05) is 39.3 Å².